The molecular weight excluding hydrogens is 372 g/mol. The minimum atomic E-state index is -1.06. The summed E-state index contributed by atoms with van der Waals surface area (Å²) in [6.45, 7) is 0. The number of benzene rings is 2. The molecule has 0 fully saturated rings. The summed E-state index contributed by atoms with van der Waals surface area (Å²) in [5, 5.41) is 11.7. The highest BCUT2D eigenvalue weighted by Crippen LogP contribution is 2.31. The lowest BCUT2D eigenvalue weighted by Crippen LogP contribution is -2.23. The number of pyridine rings is 1. The summed E-state index contributed by atoms with van der Waals surface area (Å²) in [7, 11) is 0. The Morgan fingerprint density at radius 1 is 1.23 bits per heavy atom. The lowest BCUT2D eigenvalue weighted by atomic mass is 9.96. The monoisotopic (exact) mass is 384 g/mol. The van der Waals surface area contributed by atoms with Gasteiger partial charge >= 0.3 is 5.97 Å². The van der Waals surface area contributed by atoms with Crippen LogP contribution < -0.4 is 5.56 Å². The fraction of sp³-hybridized carbons (Fsp3) is 0.105. The van der Waals surface area contributed by atoms with Crippen LogP contribution in [0.1, 0.15) is 16.5 Å². The van der Waals surface area contributed by atoms with Gasteiger partial charge in [-0.1, -0.05) is 35.9 Å². The van der Waals surface area contributed by atoms with Crippen molar-refractivity contribution in [3.05, 3.63) is 74.5 Å². The maximum absolute atomic E-state index is 12.4. The van der Waals surface area contributed by atoms with Gasteiger partial charge in [0.25, 0.3) is 5.56 Å². The molecule has 4 rings (SSSR count). The maximum Gasteiger partial charge on any atom is 0.311 e. The Labute approximate surface area is 156 Å². The van der Waals surface area contributed by atoms with E-state index in [0.29, 0.717) is 15.5 Å². The summed E-state index contributed by atoms with van der Waals surface area (Å²) >= 11 is 7.53. The molecule has 2 aromatic heterocycles. The van der Waals surface area contributed by atoms with Crippen LogP contribution in [0, 0.1) is 0 Å². The van der Waals surface area contributed by atoms with E-state index in [-0.39, 0.29) is 12.0 Å². The summed E-state index contributed by atoms with van der Waals surface area (Å²) in [6, 6.07) is 14.3. The number of nitrogens with one attached hydrogen (secondary N) is 1. The molecule has 7 heteroatoms. The second-order valence-electron chi connectivity index (χ2n) is 5.93. The molecule has 5 nitrogen and oxygen atoms in total. The molecule has 1 atom stereocenters. The van der Waals surface area contributed by atoms with Gasteiger partial charge in [0.05, 0.1) is 26.2 Å². The number of halogens is 1. The SMILES string of the molecule is O=C(O)C(Cc1nc2cccc(Cl)c2s1)c1cc2ccccc2[nH]c1=O. The van der Waals surface area contributed by atoms with Crippen molar-refractivity contribution in [2.45, 2.75) is 12.3 Å². The number of carbonyl (C=O) groups is 1. The van der Waals surface area contributed by atoms with Crippen LogP contribution in [0.4, 0.5) is 0 Å². The number of aliphatic carboxylic acids is 1. The van der Waals surface area contributed by atoms with Crippen molar-refractivity contribution in [2.75, 3.05) is 0 Å². The van der Waals surface area contributed by atoms with Gasteiger partial charge in [0, 0.05) is 17.5 Å². The Hall–Kier alpha value is -2.70. The summed E-state index contributed by atoms with van der Waals surface area (Å²) in [6.07, 6.45) is 0.131. The quantitative estimate of drug-likeness (QED) is 0.552. The van der Waals surface area contributed by atoms with Gasteiger partial charge in [0.15, 0.2) is 0 Å². The largest absolute Gasteiger partial charge is 0.481 e. The zero-order valence-electron chi connectivity index (χ0n) is 13.4. The number of hydrogen-bond acceptors (Lipinski definition) is 4. The number of carboxylic acid groups (broad SMARTS) is 1. The Bertz CT molecular complexity index is 1200. The topological polar surface area (TPSA) is 83.0 Å². The van der Waals surface area contributed by atoms with Gasteiger partial charge in [0.2, 0.25) is 0 Å². The highest BCUT2D eigenvalue weighted by atomic mass is 35.5. The summed E-state index contributed by atoms with van der Waals surface area (Å²) in [5.74, 6) is -2.04. The number of fused-ring (bicyclic) bond motifs is 2. The number of H-pyrrole nitrogens is 1. The van der Waals surface area contributed by atoms with E-state index < -0.39 is 17.4 Å². The van der Waals surface area contributed by atoms with Crippen LogP contribution >= 0.6 is 22.9 Å². The zero-order valence-corrected chi connectivity index (χ0v) is 15.0. The van der Waals surface area contributed by atoms with Gasteiger partial charge in [-0.2, -0.15) is 0 Å². The van der Waals surface area contributed by atoms with E-state index in [2.05, 4.69) is 9.97 Å². The summed E-state index contributed by atoms with van der Waals surface area (Å²) in [4.78, 5) is 31.5. The Kier molecular flexibility index (Phi) is 4.22. The Balaban J connectivity index is 1.78. The molecule has 0 aliphatic heterocycles. The lowest BCUT2D eigenvalue weighted by molar-refractivity contribution is -0.138. The molecule has 0 spiro atoms. The van der Waals surface area contributed by atoms with Crippen molar-refractivity contribution in [1.82, 2.24) is 9.97 Å². The molecule has 26 heavy (non-hydrogen) atoms. The number of thiazole rings is 1. The van der Waals surface area contributed by atoms with E-state index in [0.717, 1.165) is 15.6 Å². The van der Waals surface area contributed by atoms with Gasteiger partial charge in [-0.3, -0.25) is 9.59 Å². The normalized spacial score (nSPS) is 12.5. The number of nitrogens with zero attached hydrogens (tertiary/aromatic N) is 1. The molecular formula is C19H13ClN2O3S. The molecule has 0 bridgehead atoms. The number of aromatic amines is 1. The molecule has 2 heterocycles. The molecule has 0 radical (unpaired) electrons. The van der Waals surface area contributed by atoms with Crippen LogP contribution in [0.15, 0.2) is 53.3 Å². The number of para-hydroxylation sites is 1. The summed E-state index contributed by atoms with van der Waals surface area (Å²) in [5.41, 5.74) is 1.24. The first kappa shape index (κ1) is 16.8. The van der Waals surface area contributed by atoms with Crippen LogP contribution in [0.25, 0.3) is 21.1 Å². The summed E-state index contributed by atoms with van der Waals surface area (Å²) < 4.78 is 0.820. The van der Waals surface area contributed by atoms with Crippen molar-refractivity contribution in [1.29, 1.82) is 0 Å². The predicted octanol–water partition coefficient (Wildman–Crippen LogP) is 4.20. The van der Waals surface area contributed by atoms with Gasteiger partial charge in [-0.05, 0) is 29.7 Å². The number of aromatic nitrogens is 2. The third kappa shape index (κ3) is 2.98. The zero-order chi connectivity index (χ0) is 18.3. The fourth-order valence-electron chi connectivity index (χ4n) is 2.98. The highest BCUT2D eigenvalue weighted by molar-refractivity contribution is 7.19. The molecule has 130 valence electrons. The minimum absolute atomic E-state index is 0.131. The number of carboxylic acids is 1. The van der Waals surface area contributed by atoms with Gasteiger partial charge in [0.1, 0.15) is 0 Å². The average Bonchev–Trinajstić information content (AvgIpc) is 3.03. The molecule has 0 amide bonds. The van der Waals surface area contributed by atoms with Gasteiger partial charge < -0.3 is 10.1 Å². The highest BCUT2D eigenvalue weighted by Gasteiger charge is 2.25. The van der Waals surface area contributed by atoms with E-state index in [9.17, 15) is 14.7 Å². The van der Waals surface area contributed by atoms with Crippen LogP contribution in [0.5, 0.6) is 0 Å². The van der Waals surface area contributed by atoms with Crippen LogP contribution in [-0.2, 0) is 11.2 Å². The van der Waals surface area contributed by atoms with Crippen molar-refractivity contribution in [2.24, 2.45) is 0 Å². The van der Waals surface area contributed by atoms with E-state index in [1.54, 1.807) is 24.3 Å². The van der Waals surface area contributed by atoms with E-state index in [4.69, 9.17) is 11.6 Å². The first-order valence-corrected chi connectivity index (χ1v) is 9.11. The van der Waals surface area contributed by atoms with Gasteiger partial charge in [-0.25, -0.2) is 4.98 Å². The smallest absolute Gasteiger partial charge is 0.311 e. The van der Waals surface area contributed by atoms with Gasteiger partial charge in [-0.15, -0.1) is 11.3 Å². The van der Waals surface area contributed by atoms with Crippen molar-refractivity contribution < 1.29 is 9.90 Å². The van der Waals surface area contributed by atoms with Crippen LogP contribution in [-0.4, -0.2) is 21.0 Å². The number of rotatable bonds is 4. The second-order valence-corrected chi connectivity index (χ2v) is 7.42. The lowest BCUT2D eigenvalue weighted by Gasteiger charge is -2.11. The maximum atomic E-state index is 12.4. The molecule has 0 aliphatic carbocycles. The molecule has 4 aromatic rings. The first-order valence-electron chi connectivity index (χ1n) is 7.91. The molecule has 0 saturated heterocycles. The molecule has 2 N–H and O–H groups in total. The third-order valence-electron chi connectivity index (χ3n) is 4.25. The minimum Gasteiger partial charge on any atom is -0.481 e. The van der Waals surface area contributed by atoms with E-state index in [1.165, 1.54) is 11.3 Å². The van der Waals surface area contributed by atoms with Crippen molar-refractivity contribution in [3.8, 4) is 0 Å². The third-order valence-corrected chi connectivity index (χ3v) is 5.80. The Morgan fingerprint density at radius 3 is 2.81 bits per heavy atom. The van der Waals surface area contributed by atoms with Crippen LogP contribution in [0.2, 0.25) is 5.02 Å². The standard InChI is InChI=1S/C19H13ClN2O3S/c20-13-5-3-7-15-17(13)26-16(21-15)9-12(19(24)25)11-8-10-4-1-2-6-14(10)22-18(11)23/h1-8,12H,9H2,(H,22,23)(H,24,25). The van der Waals surface area contributed by atoms with E-state index >= 15 is 0 Å². The Morgan fingerprint density at radius 2 is 2.04 bits per heavy atom. The molecule has 0 aliphatic rings. The molecule has 1 unspecified atom stereocenters. The average molecular weight is 385 g/mol. The van der Waals surface area contributed by atoms with E-state index in [1.807, 2.05) is 24.3 Å². The number of hydrogen-bond donors (Lipinski definition) is 2. The van der Waals surface area contributed by atoms with Crippen LogP contribution in [0.3, 0.4) is 0 Å². The molecule has 2 aromatic carbocycles. The van der Waals surface area contributed by atoms with Crippen molar-refractivity contribution in [3.63, 3.8) is 0 Å². The first-order chi connectivity index (χ1) is 12.5. The fourth-order valence-corrected chi connectivity index (χ4v) is 4.28. The second kappa shape index (κ2) is 6.55. The van der Waals surface area contributed by atoms with Crippen molar-refractivity contribution >= 4 is 50.0 Å². The predicted molar refractivity (Wildman–Crippen MR) is 103 cm³/mol. The molecule has 0 saturated carbocycles.